The Balaban J connectivity index is 1.28. The molecule has 1 aromatic heterocycles. The molecule has 2 aromatic carbocycles. The number of amides is 3. The van der Waals surface area contributed by atoms with Gasteiger partial charge in [0.25, 0.3) is 11.8 Å². The van der Waals surface area contributed by atoms with E-state index in [0.717, 1.165) is 17.1 Å². The van der Waals surface area contributed by atoms with E-state index in [-0.39, 0.29) is 27.7 Å². The molecule has 1 saturated heterocycles. The van der Waals surface area contributed by atoms with Gasteiger partial charge in [-0.05, 0) is 68.3 Å². The SMILES string of the molecule is CCOc1ccc(NC(=O)C2CCN(C(=O)c3nnc(C(=O)Nc4ccc(F)cc4)s3)CC2)cc1. The van der Waals surface area contributed by atoms with E-state index in [1.54, 1.807) is 29.2 Å². The molecule has 182 valence electrons. The van der Waals surface area contributed by atoms with Crippen LogP contribution in [0.5, 0.6) is 5.75 Å². The zero-order valence-corrected chi connectivity index (χ0v) is 19.8. The number of hydrogen-bond donors (Lipinski definition) is 2. The monoisotopic (exact) mass is 497 g/mol. The number of carbonyl (C=O) groups excluding carboxylic acids is 3. The van der Waals surface area contributed by atoms with E-state index in [1.807, 2.05) is 6.92 Å². The molecule has 1 aliphatic rings. The first kappa shape index (κ1) is 24.3. The minimum Gasteiger partial charge on any atom is -0.494 e. The molecule has 0 bridgehead atoms. The van der Waals surface area contributed by atoms with Crippen molar-refractivity contribution in [2.75, 3.05) is 30.3 Å². The summed E-state index contributed by atoms with van der Waals surface area (Å²) >= 11 is 0.889. The Labute approximate surface area is 205 Å². The molecule has 0 radical (unpaired) electrons. The van der Waals surface area contributed by atoms with Crippen molar-refractivity contribution in [3.05, 3.63) is 64.4 Å². The largest absolute Gasteiger partial charge is 0.494 e. The van der Waals surface area contributed by atoms with E-state index >= 15 is 0 Å². The zero-order chi connectivity index (χ0) is 24.8. The number of nitrogens with one attached hydrogen (secondary N) is 2. The number of anilines is 2. The van der Waals surface area contributed by atoms with Crippen molar-refractivity contribution in [3.63, 3.8) is 0 Å². The highest BCUT2D eigenvalue weighted by Gasteiger charge is 2.30. The second-order valence-electron chi connectivity index (χ2n) is 7.89. The van der Waals surface area contributed by atoms with Crippen LogP contribution >= 0.6 is 11.3 Å². The summed E-state index contributed by atoms with van der Waals surface area (Å²) < 4.78 is 18.4. The standard InChI is InChI=1S/C24H24FN5O4S/c1-2-34-19-9-7-18(8-10-19)26-20(31)15-11-13-30(14-12-15)24(33)23-29-28-22(35-23)21(32)27-17-5-3-16(25)4-6-17/h3-10,15H,2,11-14H2,1H3,(H,26,31)(H,27,32). The molecule has 3 aromatic rings. The van der Waals surface area contributed by atoms with Crippen molar-refractivity contribution >= 4 is 40.4 Å². The fourth-order valence-corrected chi connectivity index (χ4v) is 4.35. The molecule has 2 heterocycles. The van der Waals surface area contributed by atoms with E-state index in [2.05, 4.69) is 20.8 Å². The van der Waals surface area contributed by atoms with Gasteiger partial charge in [-0.1, -0.05) is 11.3 Å². The van der Waals surface area contributed by atoms with Gasteiger partial charge in [0.1, 0.15) is 11.6 Å². The van der Waals surface area contributed by atoms with Gasteiger partial charge in [0.2, 0.25) is 15.9 Å². The van der Waals surface area contributed by atoms with Crippen LogP contribution in [0, 0.1) is 11.7 Å². The lowest BCUT2D eigenvalue weighted by Gasteiger charge is -2.30. The van der Waals surface area contributed by atoms with Crippen LogP contribution < -0.4 is 15.4 Å². The maximum Gasteiger partial charge on any atom is 0.286 e. The molecule has 0 saturated carbocycles. The number of aromatic nitrogens is 2. The summed E-state index contributed by atoms with van der Waals surface area (Å²) in [7, 11) is 0. The molecule has 1 aliphatic heterocycles. The quantitative estimate of drug-likeness (QED) is 0.513. The third-order valence-corrected chi connectivity index (χ3v) is 6.40. The summed E-state index contributed by atoms with van der Waals surface area (Å²) in [6.07, 6.45) is 1.04. The maximum atomic E-state index is 13.0. The Bertz CT molecular complexity index is 1190. The van der Waals surface area contributed by atoms with Crippen LogP contribution in [0.3, 0.4) is 0 Å². The summed E-state index contributed by atoms with van der Waals surface area (Å²) in [6, 6.07) is 12.5. The molecule has 11 heteroatoms. The number of ether oxygens (including phenoxy) is 1. The smallest absolute Gasteiger partial charge is 0.286 e. The number of halogens is 1. The zero-order valence-electron chi connectivity index (χ0n) is 19.0. The Morgan fingerprint density at radius 1 is 0.971 bits per heavy atom. The number of benzene rings is 2. The molecule has 0 atom stereocenters. The van der Waals surface area contributed by atoms with Crippen molar-refractivity contribution in [1.82, 2.24) is 15.1 Å². The molecule has 4 rings (SSSR count). The number of carbonyl (C=O) groups is 3. The highest BCUT2D eigenvalue weighted by atomic mass is 32.1. The highest BCUT2D eigenvalue weighted by Crippen LogP contribution is 2.23. The Morgan fingerprint density at radius 3 is 2.23 bits per heavy atom. The van der Waals surface area contributed by atoms with Crippen LogP contribution in [0.2, 0.25) is 0 Å². The molecule has 2 N–H and O–H groups in total. The Morgan fingerprint density at radius 2 is 1.57 bits per heavy atom. The van der Waals surface area contributed by atoms with E-state index in [9.17, 15) is 18.8 Å². The molecule has 0 spiro atoms. The normalized spacial score (nSPS) is 13.8. The third kappa shape index (κ3) is 6.18. The third-order valence-electron chi connectivity index (χ3n) is 5.49. The number of piperidine rings is 1. The molecule has 0 aliphatic carbocycles. The van der Waals surface area contributed by atoms with E-state index in [0.29, 0.717) is 43.9 Å². The van der Waals surface area contributed by atoms with Crippen molar-refractivity contribution in [1.29, 1.82) is 0 Å². The first-order valence-corrected chi connectivity index (χ1v) is 12.0. The van der Waals surface area contributed by atoms with Gasteiger partial charge in [0, 0.05) is 30.4 Å². The van der Waals surface area contributed by atoms with Crippen LogP contribution in [0.1, 0.15) is 39.4 Å². The van der Waals surface area contributed by atoms with Crippen LogP contribution in [0.4, 0.5) is 15.8 Å². The lowest BCUT2D eigenvalue weighted by atomic mass is 9.95. The van der Waals surface area contributed by atoms with Gasteiger partial charge in [0.15, 0.2) is 0 Å². The highest BCUT2D eigenvalue weighted by molar-refractivity contribution is 7.15. The molecular weight excluding hydrogens is 473 g/mol. The van der Waals surface area contributed by atoms with E-state index in [4.69, 9.17) is 4.74 Å². The van der Waals surface area contributed by atoms with Crippen molar-refractivity contribution in [2.24, 2.45) is 5.92 Å². The fraction of sp³-hybridized carbons (Fsp3) is 0.292. The van der Waals surface area contributed by atoms with Crippen molar-refractivity contribution in [3.8, 4) is 5.75 Å². The van der Waals surface area contributed by atoms with Gasteiger partial charge >= 0.3 is 0 Å². The second kappa shape index (κ2) is 11.0. The van der Waals surface area contributed by atoms with Crippen LogP contribution in [-0.4, -0.2) is 52.5 Å². The van der Waals surface area contributed by atoms with Gasteiger partial charge < -0.3 is 20.3 Å². The first-order valence-electron chi connectivity index (χ1n) is 11.2. The summed E-state index contributed by atoms with van der Waals surface area (Å²) in [5, 5.41) is 13.3. The second-order valence-corrected chi connectivity index (χ2v) is 8.86. The summed E-state index contributed by atoms with van der Waals surface area (Å²) in [4.78, 5) is 39.4. The van der Waals surface area contributed by atoms with Gasteiger partial charge in [0.05, 0.1) is 6.61 Å². The lowest BCUT2D eigenvalue weighted by Crippen LogP contribution is -2.41. The molecule has 1 fully saturated rings. The topological polar surface area (TPSA) is 114 Å². The lowest BCUT2D eigenvalue weighted by molar-refractivity contribution is -0.121. The minimum absolute atomic E-state index is 0.0299. The molecule has 9 nitrogen and oxygen atoms in total. The fourth-order valence-electron chi connectivity index (χ4n) is 3.64. The van der Waals surface area contributed by atoms with Gasteiger partial charge in [-0.3, -0.25) is 14.4 Å². The van der Waals surface area contributed by atoms with Gasteiger partial charge in [-0.25, -0.2) is 4.39 Å². The Kier molecular flexibility index (Phi) is 7.66. The number of likely N-dealkylation sites (tertiary alicyclic amines) is 1. The van der Waals surface area contributed by atoms with Crippen LogP contribution in [0.15, 0.2) is 48.5 Å². The molecule has 0 unspecified atom stereocenters. The van der Waals surface area contributed by atoms with Gasteiger partial charge in [-0.15, -0.1) is 10.2 Å². The van der Waals surface area contributed by atoms with E-state index in [1.165, 1.54) is 24.3 Å². The van der Waals surface area contributed by atoms with Crippen LogP contribution in [0.25, 0.3) is 0 Å². The average Bonchev–Trinajstić information content (AvgIpc) is 3.37. The average molecular weight is 498 g/mol. The predicted octanol–water partition coefficient (Wildman–Crippen LogP) is 3.82. The molecule has 3 amide bonds. The van der Waals surface area contributed by atoms with Gasteiger partial charge in [-0.2, -0.15) is 0 Å². The van der Waals surface area contributed by atoms with Crippen LogP contribution in [-0.2, 0) is 4.79 Å². The molecular formula is C24H24FN5O4S. The number of hydrogen-bond acceptors (Lipinski definition) is 7. The molecule has 35 heavy (non-hydrogen) atoms. The number of nitrogens with zero attached hydrogens (tertiary/aromatic N) is 3. The first-order chi connectivity index (χ1) is 16.9. The summed E-state index contributed by atoms with van der Waals surface area (Å²) in [6.45, 7) is 3.28. The Hall–Kier alpha value is -3.86. The minimum atomic E-state index is -0.530. The summed E-state index contributed by atoms with van der Waals surface area (Å²) in [5.74, 6) is -0.824. The number of rotatable bonds is 7. The van der Waals surface area contributed by atoms with Crippen molar-refractivity contribution in [2.45, 2.75) is 19.8 Å². The predicted molar refractivity (Wildman–Crippen MR) is 129 cm³/mol. The maximum absolute atomic E-state index is 13.0. The van der Waals surface area contributed by atoms with E-state index < -0.39 is 11.7 Å². The van der Waals surface area contributed by atoms with Crippen molar-refractivity contribution < 1.29 is 23.5 Å². The summed E-state index contributed by atoms with van der Waals surface area (Å²) in [5.41, 5.74) is 1.10.